The summed E-state index contributed by atoms with van der Waals surface area (Å²) in [7, 11) is -3.22. The molecule has 2 aliphatic rings. The minimum atomic E-state index is -3.22. The van der Waals surface area contributed by atoms with Crippen molar-refractivity contribution in [2.24, 2.45) is 0 Å². The summed E-state index contributed by atoms with van der Waals surface area (Å²) in [6, 6.07) is 7.59. The van der Waals surface area contributed by atoms with Crippen LogP contribution in [0.4, 0.5) is 0 Å². The highest BCUT2D eigenvalue weighted by Crippen LogP contribution is 2.28. The van der Waals surface area contributed by atoms with Gasteiger partial charge in [0.25, 0.3) is 5.91 Å². The fraction of sp³-hybridized carbons (Fsp3) is 0.474. The van der Waals surface area contributed by atoms with Crippen LogP contribution in [0.1, 0.15) is 28.0 Å². The maximum atomic E-state index is 13.2. The lowest BCUT2D eigenvalue weighted by Gasteiger charge is -2.43. The third kappa shape index (κ3) is 3.17. The van der Waals surface area contributed by atoms with Gasteiger partial charge in [0.1, 0.15) is 5.25 Å². The summed E-state index contributed by atoms with van der Waals surface area (Å²) in [4.78, 5) is 14.9. The van der Waals surface area contributed by atoms with Crippen LogP contribution in [0.25, 0.3) is 5.69 Å². The monoisotopic (exact) mass is 389 g/mol. The number of benzene rings is 1. The third-order valence-electron chi connectivity index (χ3n) is 5.49. The molecule has 0 N–H and O–H groups in total. The van der Waals surface area contributed by atoms with Gasteiger partial charge in [0.2, 0.25) is 0 Å². The van der Waals surface area contributed by atoms with Gasteiger partial charge >= 0.3 is 0 Å². The van der Waals surface area contributed by atoms with Crippen molar-refractivity contribution >= 4 is 15.7 Å². The molecule has 1 aromatic carbocycles. The Hall–Kier alpha value is -2.19. The van der Waals surface area contributed by atoms with Gasteiger partial charge in [0, 0.05) is 13.2 Å². The summed E-state index contributed by atoms with van der Waals surface area (Å²) in [5.74, 6) is -0.174. The molecule has 8 heteroatoms. The molecule has 2 atom stereocenters. The highest BCUT2D eigenvalue weighted by molar-refractivity contribution is 7.92. The molecule has 0 unspecified atom stereocenters. The van der Waals surface area contributed by atoms with E-state index in [9.17, 15) is 13.2 Å². The number of hydrogen-bond donors (Lipinski definition) is 0. The normalized spacial score (nSPS) is 24.4. The predicted molar refractivity (Wildman–Crippen MR) is 101 cm³/mol. The Labute approximate surface area is 158 Å². The van der Waals surface area contributed by atoms with Crippen LogP contribution in [0.3, 0.4) is 0 Å². The molecule has 27 heavy (non-hydrogen) atoms. The van der Waals surface area contributed by atoms with Crippen LogP contribution in [-0.2, 0) is 14.6 Å². The number of carbonyl (C=O) groups excluding carboxylic acids is 1. The first-order valence-corrected chi connectivity index (χ1v) is 10.8. The van der Waals surface area contributed by atoms with Gasteiger partial charge in [-0.3, -0.25) is 4.79 Å². The molecule has 4 rings (SSSR count). The number of sulfone groups is 1. The number of carbonyl (C=O) groups is 1. The molecule has 144 valence electrons. The Morgan fingerprint density at radius 1 is 1.30 bits per heavy atom. The topological polar surface area (TPSA) is 81.5 Å². The van der Waals surface area contributed by atoms with E-state index in [4.69, 9.17) is 4.74 Å². The van der Waals surface area contributed by atoms with Crippen LogP contribution in [0.2, 0.25) is 0 Å². The minimum Gasteiger partial charge on any atom is -0.380 e. The molecule has 0 spiro atoms. The van der Waals surface area contributed by atoms with Gasteiger partial charge in [-0.1, -0.05) is 12.1 Å². The maximum Gasteiger partial charge on any atom is 0.257 e. The molecule has 0 radical (unpaired) electrons. The predicted octanol–water partition coefficient (Wildman–Crippen LogP) is 1.52. The molecule has 1 amide bonds. The van der Waals surface area contributed by atoms with E-state index in [1.807, 2.05) is 38.1 Å². The summed E-state index contributed by atoms with van der Waals surface area (Å²) < 4.78 is 31.9. The van der Waals surface area contributed by atoms with E-state index in [2.05, 4.69) is 5.10 Å². The van der Waals surface area contributed by atoms with E-state index in [0.717, 1.165) is 16.9 Å². The van der Waals surface area contributed by atoms with E-state index in [-0.39, 0.29) is 30.9 Å². The first-order chi connectivity index (χ1) is 12.9. The summed E-state index contributed by atoms with van der Waals surface area (Å²) >= 11 is 0. The van der Waals surface area contributed by atoms with Crippen molar-refractivity contribution in [2.45, 2.75) is 31.6 Å². The molecule has 2 fully saturated rings. The maximum absolute atomic E-state index is 13.2. The number of hydrogen-bond acceptors (Lipinski definition) is 5. The van der Waals surface area contributed by atoms with Crippen LogP contribution in [0.5, 0.6) is 0 Å². The molecule has 2 aromatic rings. The van der Waals surface area contributed by atoms with Gasteiger partial charge in [-0.25, -0.2) is 13.1 Å². The zero-order chi connectivity index (χ0) is 19.2. The second-order valence-electron chi connectivity index (χ2n) is 7.23. The third-order valence-corrected chi connectivity index (χ3v) is 7.62. The van der Waals surface area contributed by atoms with E-state index in [1.165, 1.54) is 0 Å². The van der Waals surface area contributed by atoms with Crippen molar-refractivity contribution < 1.29 is 17.9 Å². The Morgan fingerprint density at radius 2 is 2.11 bits per heavy atom. The Morgan fingerprint density at radius 3 is 2.89 bits per heavy atom. The van der Waals surface area contributed by atoms with Gasteiger partial charge in [-0.2, -0.15) is 5.10 Å². The van der Waals surface area contributed by atoms with Crippen molar-refractivity contribution in [1.82, 2.24) is 14.7 Å². The average molecular weight is 389 g/mol. The van der Waals surface area contributed by atoms with Crippen LogP contribution >= 0.6 is 0 Å². The Bertz CT molecular complexity index is 983. The van der Waals surface area contributed by atoms with Crippen molar-refractivity contribution in [3.8, 4) is 5.69 Å². The standard InChI is InChI=1S/C19H23N3O4S/c1-13-4-3-5-15(10-13)22-14(2)16(11-20-22)19(23)21-7-9-27(24,25)18-12-26-8-6-17(18)21/h3-5,10-11,17-18H,6-9,12H2,1-2H3/t17-,18+/m0/s1. The first kappa shape index (κ1) is 18.2. The fourth-order valence-electron chi connectivity index (χ4n) is 3.99. The summed E-state index contributed by atoms with van der Waals surface area (Å²) in [6.07, 6.45) is 2.12. The number of amides is 1. The minimum absolute atomic E-state index is 0.0195. The molecule has 3 heterocycles. The largest absolute Gasteiger partial charge is 0.380 e. The SMILES string of the molecule is Cc1cccc(-n2ncc(C(=O)N3CCS(=O)(=O)[C@@H]4COCC[C@@H]43)c2C)c1. The zero-order valence-corrected chi connectivity index (χ0v) is 16.3. The quantitative estimate of drug-likeness (QED) is 0.778. The van der Waals surface area contributed by atoms with Crippen LogP contribution in [0.15, 0.2) is 30.5 Å². The molecule has 7 nitrogen and oxygen atoms in total. The van der Waals surface area contributed by atoms with Gasteiger partial charge in [-0.15, -0.1) is 0 Å². The van der Waals surface area contributed by atoms with Gasteiger partial charge < -0.3 is 9.64 Å². The Balaban J connectivity index is 1.65. The molecule has 0 bridgehead atoms. The first-order valence-electron chi connectivity index (χ1n) is 9.10. The van der Waals surface area contributed by atoms with Crippen LogP contribution < -0.4 is 0 Å². The number of rotatable bonds is 2. The average Bonchev–Trinajstić information content (AvgIpc) is 3.03. The lowest BCUT2D eigenvalue weighted by atomic mass is 10.0. The highest BCUT2D eigenvalue weighted by Gasteiger charge is 2.45. The fourth-order valence-corrected chi connectivity index (χ4v) is 5.81. The zero-order valence-electron chi connectivity index (χ0n) is 15.5. The van der Waals surface area contributed by atoms with Crippen molar-refractivity contribution in [3.05, 3.63) is 47.3 Å². The van der Waals surface area contributed by atoms with Crippen LogP contribution in [0, 0.1) is 13.8 Å². The Kier molecular flexibility index (Phi) is 4.55. The molecule has 0 saturated carbocycles. The molecular formula is C19H23N3O4S. The summed E-state index contributed by atoms with van der Waals surface area (Å²) in [6.45, 7) is 4.73. The molecule has 1 aromatic heterocycles. The van der Waals surface area contributed by atoms with Crippen molar-refractivity contribution in [2.75, 3.05) is 25.5 Å². The smallest absolute Gasteiger partial charge is 0.257 e. The summed E-state index contributed by atoms with van der Waals surface area (Å²) in [5, 5.41) is 3.77. The lowest BCUT2D eigenvalue weighted by molar-refractivity contribution is 0.0293. The van der Waals surface area contributed by atoms with E-state index < -0.39 is 15.1 Å². The molecule has 0 aliphatic carbocycles. The molecular weight excluding hydrogens is 366 g/mol. The second kappa shape index (κ2) is 6.76. The van der Waals surface area contributed by atoms with E-state index in [1.54, 1.807) is 15.8 Å². The lowest BCUT2D eigenvalue weighted by Crippen LogP contribution is -2.60. The number of ether oxygens (including phenoxy) is 1. The number of aromatic nitrogens is 2. The van der Waals surface area contributed by atoms with Gasteiger partial charge in [0.05, 0.1) is 41.5 Å². The van der Waals surface area contributed by atoms with Crippen LogP contribution in [-0.4, -0.2) is 65.8 Å². The van der Waals surface area contributed by atoms with E-state index in [0.29, 0.717) is 18.6 Å². The molecule has 2 saturated heterocycles. The van der Waals surface area contributed by atoms with E-state index >= 15 is 0 Å². The number of fused-ring (bicyclic) bond motifs is 1. The summed E-state index contributed by atoms with van der Waals surface area (Å²) in [5.41, 5.74) is 3.28. The highest BCUT2D eigenvalue weighted by atomic mass is 32.2. The number of nitrogens with zero attached hydrogens (tertiary/aromatic N) is 3. The van der Waals surface area contributed by atoms with Gasteiger partial charge in [0.15, 0.2) is 9.84 Å². The number of aryl methyl sites for hydroxylation is 1. The second-order valence-corrected chi connectivity index (χ2v) is 9.57. The molecule has 2 aliphatic heterocycles. The van der Waals surface area contributed by atoms with Crippen molar-refractivity contribution in [3.63, 3.8) is 0 Å². The van der Waals surface area contributed by atoms with Crippen molar-refractivity contribution in [1.29, 1.82) is 0 Å². The van der Waals surface area contributed by atoms with Gasteiger partial charge in [-0.05, 0) is 38.0 Å².